The second kappa shape index (κ2) is 17.7. The highest BCUT2D eigenvalue weighted by atomic mass is 16.5. The van der Waals surface area contributed by atoms with E-state index in [0.29, 0.717) is 11.1 Å². The van der Waals surface area contributed by atoms with Crippen molar-refractivity contribution < 1.29 is 38.9 Å². The quantitative estimate of drug-likeness (QED) is 0.0694. The molecule has 0 saturated carbocycles. The Balaban J connectivity index is 1.31. The lowest BCUT2D eigenvalue weighted by molar-refractivity contribution is -0.139. The lowest BCUT2D eigenvalue weighted by Crippen LogP contribution is -2.60. The van der Waals surface area contributed by atoms with Crippen LogP contribution in [0.1, 0.15) is 36.7 Å². The van der Waals surface area contributed by atoms with Gasteiger partial charge in [-0.05, 0) is 24.1 Å². The Morgan fingerprint density at radius 1 is 1.00 bits per heavy atom. The zero-order valence-corrected chi connectivity index (χ0v) is 29.9. The molecule has 1 aliphatic rings. The molecular weight excluding hydrogens is 718 g/mol. The number of nitrogens with one attached hydrogen (secondary N) is 6. The highest BCUT2D eigenvalue weighted by Crippen LogP contribution is 2.27. The van der Waals surface area contributed by atoms with Crippen LogP contribution in [0, 0.1) is 0 Å². The third-order valence-electron chi connectivity index (χ3n) is 9.41. The zero-order valence-electron chi connectivity index (χ0n) is 29.9. The van der Waals surface area contributed by atoms with Crippen LogP contribution in [-0.4, -0.2) is 110 Å². The SMILES string of the molecule is C[C@@H]([C@H](NC(=O)[C@@H](NC(=O)N[C@@H](Cc1c[nH]c2ccccc12)C(=O)O)c1ccccc1)C(=O)NC[C@H]1C[C@@H](O)[C@H](n2ccc(=O)[nH]c2=O)O1)N(C)C(=O)CN. The molecule has 0 aliphatic carbocycles. The van der Waals surface area contributed by atoms with Crippen LogP contribution >= 0.6 is 0 Å². The van der Waals surface area contributed by atoms with Crippen molar-refractivity contribution in [1.82, 2.24) is 40.7 Å². The summed E-state index contributed by atoms with van der Waals surface area (Å²) in [4.78, 5) is 96.1. The molecule has 19 nitrogen and oxygen atoms in total. The van der Waals surface area contributed by atoms with E-state index in [2.05, 4.69) is 31.2 Å². The Bertz CT molecular complexity index is 2130. The van der Waals surface area contributed by atoms with Gasteiger partial charge in [0.05, 0.1) is 18.7 Å². The molecular formula is C36H43N9O10. The number of H-pyrrole nitrogens is 2. The fourth-order valence-corrected chi connectivity index (χ4v) is 6.30. The van der Waals surface area contributed by atoms with Gasteiger partial charge in [0.15, 0.2) is 6.23 Å². The van der Waals surface area contributed by atoms with Gasteiger partial charge >= 0.3 is 17.7 Å². The van der Waals surface area contributed by atoms with Crippen molar-refractivity contribution in [2.75, 3.05) is 20.1 Å². The molecule has 10 N–H and O–H groups in total. The highest BCUT2D eigenvalue weighted by molar-refractivity contribution is 5.94. The summed E-state index contributed by atoms with van der Waals surface area (Å²) in [7, 11) is 1.40. The Morgan fingerprint density at radius 3 is 2.40 bits per heavy atom. The van der Waals surface area contributed by atoms with Gasteiger partial charge in [-0.25, -0.2) is 14.4 Å². The number of carbonyl (C=O) groups excluding carboxylic acids is 4. The molecule has 292 valence electrons. The maximum atomic E-state index is 14.0. The predicted molar refractivity (Wildman–Crippen MR) is 196 cm³/mol. The van der Waals surface area contributed by atoms with E-state index in [4.69, 9.17) is 10.5 Å². The molecule has 0 bridgehead atoms. The monoisotopic (exact) mass is 761 g/mol. The number of hydrogen-bond acceptors (Lipinski definition) is 10. The van der Waals surface area contributed by atoms with E-state index in [-0.39, 0.29) is 25.9 Å². The molecule has 7 atom stereocenters. The minimum Gasteiger partial charge on any atom is -0.480 e. The Labute approximate surface area is 313 Å². The third kappa shape index (κ3) is 9.63. The number of para-hydroxylation sites is 1. The summed E-state index contributed by atoms with van der Waals surface area (Å²) < 4.78 is 6.82. The number of carboxylic acids is 1. The number of carboxylic acid groups (broad SMARTS) is 1. The van der Waals surface area contributed by atoms with Gasteiger partial charge in [0.1, 0.15) is 24.2 Å². The summed E-state index contributed by atoms with van der Waals surface area (Å²) in [5.74, 6) is -3.48. The van der Waals surface area contributed by atoms with Crippen LogP contribution in [0.2, 0.25) is 0 Å². The average molecular weight is 762 g/mol. The van der Waals surface area contributed by atoms with Crippen LogP contribution in [-0.2, 0) is 30.3 Å². The number of carbonyl (C=O) groups is 5. The van der Waals surface area contributed by atoms with Gasteiger partial charge in [-0.3, -0.25) is 28.7 Å². The maximum Gasteiger partial charge on any atom is 0.330 e. The van der Waals surface area contributed by atoms with Gasteiger partial charge in [-0.15, -0.1) is 0 Å². The largest absolute Gasteiger partial charge is 0.480 e. The molecule has 1 saturated heterocycles. The third-order valence-corrected chi connectivity index (χ3v) is 9.41. The van der Waals surface area contributed by atoms with E-state index in [0.717, 1.165) is 21.5 Å². The number of aliphatic carboxylic acids is 1. The number of rotatable bonds is 15. The number of benzene rings is 2. The number of amides is 5. The minimum atomic E-state index is -1.44. The summed E-state index contributed by atoms with van der Waals surface area (Å²) in [6.45, 7) is 0.931. The first-order valence-electron chi connectivity index (χ1n) is 17.4. The molecule has 19 heteroatoms. The van der Waals surface area contributed by atoms with Gasteiger partial charge in [0.25, 0.3) is 5.56 Å². The summed E-state index contributed by atoms with van der Waals surface area (Å²) in [6, 6.07) is 10.2. The van der Waals surface area contributed by atoms with Crippen molar-refractivity contribution in [2.45, 2.75) is 62.4 Å². The van der Waals surface area contributed by atoms with E-state index in [1.165, 1.54) is 25.1 Å². The number of hydrogen-bond donors (Lipinski definition) is 9. The first-order valence-corrected chi connectivity index (χ1v) is 17.4. The lowest BCUT2D eigenvalue weighted by Gasteiger charge is -2.33. The number of aromatic amines is 2. The van der Waals surface area contributed by atoms with Crippen molar-refractivity contribution >= 4 is 40.6 Å². The topological polar surface area (TPSA) is 283 Å². The average Bonchev–Trinajstić information content (AvgIpc) is 3.76. The summed E-state index contributed by atoms with van der Waals surface area (Å²) in [5.41, 5.74) is 5.88. The van der Waals surface area contributed by atoms with E-state index >= 15 is 0 Å². The molecule has 2 aromatic heterocycles. The smallest absolute Gasteiger partial charge is 0.330 e. The highest BCUT2D eigenvalue weighted by Gasteiger charge is 2.38. The maximum absolute atomic E-state index is 14.0. The molecule has 1 fully saturated rings. The number of urea groups is 1. The Morgan fingerprint density at radius 2 is 1.71 bits per heavy atom. The van der Waals surface area contributed by atoms with Crippen LogP contribution in [0.3, 0.4) is 0 Å². The summed E-state index contributed by atoms with van der Waals surface area (Å²) in [5, 5.41) is 31.6. The number of aliphatic hydroxyl groups is 1. The molecule has 2 aromatic carbocycles. The van der Waals surface area contributed by atoms with E-state index in [1.54, 1.807) is 42.6 Å². The van der Waals surface area contributed by atoms with Crippen molar-refractivity contribution in [3.05, 3.63) is 105 Å². The van der Waals surface area contributed by atoms with Crippen LogP contribution in [0.15, 0.2) is 82.6 Å². The fourth-order valence-electron chi connectivity index (χ4n) is 6.30. The van der Waals surface area contributed by atoms with E-state index in [1.807, 2.05) is 18.2 Å². The number of aromatic nitrogens is 3. The first-order chi connectivity index (χ1) is 26.3. The number of nitrogens with zero attached hydrogens (tertiary/aromatic N) is 2. The number of ether oxygens (including phenoxy) is 1. The zero-order chi connectivity index (χ0) is 39.8. The molecule has 5 amide bonds. The number of aliphatic hydroxyl groups excluding tert-OH is 1. The van der Waals surface area contributed by atoms with Gasteiger partial charge < -0.3 is 51.8 Å². The van der Waals surface area contributed by atoms with Gasteiger partial charge in [-0.1, -0.05) is 48.5 Å². The number of fused-ring (bicyclic) bond motifs is 1. The second-order valence-corrected chi connectivity index (χ2v) is 13.1. The molecule has 4 aromatic rings. The fraction of sp³-hybridized carbons (Fsp3) is 0.361. The molecule has 1 aliphatic heterocycles. The predicted octanol–water partition coefficient (Wildman–Crippen LogP) is -1.19. The molecule has 55 heavy (non-hydrogen) atoms. The van der Waals surface area contributed by atoms with Crippen molar-refractivity contribution in [1.29, 1.82) is 0 Å². The lowest BCUT2D eigenvalue weighted by atomic mass is 10.0. The first kappa shape index (κ1) is 39.9. The molecule has 0 radical (unpaired) electrons. The van der Waals surface area contributed by atoms with Crippen molar-refractivity contribution in [3.8, 4) is 0 Å². The molecule has 0 unspecified atom stereocenters. The summed E-state index contributed by atoms with van der Waals surface area (Å²) in [6.07, 6.45) is -0.349. The van der Waals surface area contributed by atoms with Crippen LogP contribution in [0.25, 0.3) is 10.9 Å². The van der Waals surface area contributed by atoms with Crippen LogP contribution in [0.4, 0.5) is 4.79 Å². The normalized spacial score (nSPS) is 18.7. The van der Waals surface area contributed by atoms with Gasteiger partial charge in [-0.2, -0.15) is 0 Å². The molecule has 5 rings (SSSR count). The number of likely N-dealkylation sites (N-methyl/N-ethyl adjacent to an activating group) is 1. The van der Waals surface area contributed by atoms with Crippen LogP contribution in [0.5, 0.6) is 0 Å². The minimum absolute atomic E-state index is 0.00140. The van der Waals surface area contributed by atoms with Gasteiger partial charge in [0.2, 0.25) is 17.7 Å². The standard InChI is InChI=1S/C36H43N9O10/c1-19(44(2)28(48)16-37)29(31(49)39-18-22-15-26(46)33(55-22)45-13-12-27(47)41-36(45)54)42-32(50)30(20-8-4-3-5-9-20)43-35(53)40-25(34(51)52)14-21-17-38-24-11-7-6-10-23(21)24/h3-13,17,19,22,25-26,29-30,33,38,46H,14-16,18,37H2,1-2H3,(H,39,49)(H,42,50)(H,51,52)(H2,40,43,53)(H,41,47,54)/t19-,22+,25-,26+,29-,30-,33+/m0/s1. The molecule has 0 spiro atoms. The number of nitrogens with two attached hydrogens (primary N) is 1. The summed E-state index contributed by atoms with van der Waals surface area (Å²) >= 11 is 0. The van der Waals surface area contributed by atoms with Crippen molar-refractivity contribution in [2.24, 2.45) is 5.73 Å². The van der Waals surface area contributed by atoms with Gasteiger partial charge in [0, 0.05) is 55.8 Å². The van der Waals surface area contributed by atoms with Crippen molar-refractivity contribution in [3.63, 3.8) is 0 Å². The molecule has 3 heterocycles. The second-order valence-electron chi connectivity index (χ2n) is 13.1. The van der Waals surface area contributed by atoms with E-state index in [9.17, 15) is 43.8 Å². The van der Waals surface area contributed by atoms with E-state index < -0.39 is 83.6 Å². The Kier molecular flexibility index (Phi) is 12.8. The Hall–Kier alpha value is -6.31. The van der Waals surface area contributed by atoms with Crippen LogP contribution < -0.4 is 38.2 Å².